The zero-order valence-corrected chi connectivity index (χ0v) is 11.0. The summed E-state index contributed by atoms with van der Waals surface area (Å²) < 4.78 is 10.9. The van der Waals surface area contributed by atoms with E-state index in [-0.39, 0.29) is 5.97 Å². The van der Waals surface area contributed by atoms with Crippen LogP contribution in [0.15, 0.2) is 22.7 Å². The molecule has 0 radical (unpaired) electrons. The zero-order valence-electron chi connectivity index (χ0n) is 9.46. The van der Waals surface area contributed by atoms with Crippen LogP contribution in [0.3, 0.4) is 0 Å². The highest BCUT2D eigenvalue weighted by Gasteiger charge is 2.08. The summed E-state index contributed by atoms with van der Waals surface area (Å²) in [5, 5.41) is 0. The molecule has 0 spiro atoms. The van der Waals surface area contributed by atoms with Gasteiger partial charge in [0.25, 0.3) is 0 Å². The van der Waals surface area contributed by atoms with Crippen LogP contribution in [-0.4, -0.2) is 19.7 Å². The second-order valence-corrected chi connectivity index (χ2v) is 4.19. The van der Waals surface area contributed by atoms with Crippen molar-refractivity contribution in [3.8, 4) is 5.75 Å². The number of ether oxygens (including phenoxy) is 2. The van der Waals surface area contributed by atoms with E-state index >= 15 is 0 Å². The van der Waals surface area contributed by atoms with Gasteiger partial charge in [-0.3, -0.25) is 0 Å². The van der Waals surface area contributed by atoms with Gasteiger partial charge in [0.1, 0.15) is 5.75 Å². The summed E-state index contributed by atoms with van der Waals surface area (Å²) in [5.41, 5.74) is 0.511. The maximum atomic E-state index is 11.3. The van der Waals surface area contributed by atoms with Crippen LogP contribution in [0, 0.1) is 0 Å². The van der Waals surface area contributed by atoms with E-state index in [2.05, 4.69) is 27.6 Å². The molecule has 0 atom stereocenters. The van der Waals surface area contributed by atoms with Gasteiger partial charge in [-0.05, 0) is 40.5 Å². The molecule has 0 amide bonds. The van der Waals surface area contributed by atoms with Crippen molar-refractivity contribution < 1.29 is 14.3 Å². The van der Waals surface area contributed by atoms with Crippen LogP contribution in [0.1, 0.15) is 30.1 Å². The molecule has 1 rings (SSSR count). The smallest absolute Gasteiger partial charge is 0.337 e. The Hall–Kier alpha value is -1.03. The molecule has 1 aromatic rings. The SMILES string of the molecule is CCCCOc1ccc(C(=O)OC)cc1Br. The first-order chi connectivity index (χ1) is 7.69. The number of methoxy groups -OCH3 is 1. The minimum atomic E-state index is -0.346. The summed E-state index contributed by atoms with van der Waals surface area (Å²) in [7, 11) is 1.36. The van der Waals surface area contributed by atoms with Gasteiger partial charge in [-0.25, -0.2) is 4.79 Å². The van der Waals surface area contributed by atoms with Crippen molar-refractivity contribution >= 4 is 21.9 Å². The molecule has 0 aliphatic heterocycles. The third-order valence-electron chi connectivity index (χ3n) is 2.11. The molecular weight excluding hydrogens is 272 g/mol. The van der Waals surface area contributed by atoms with E-state index in [1.165, 1.54) is 7.11 Å². The lowest BCUT2D eigenvalue weighted by Crippen LogP contribution is -2.02. The van der Waals surface area contributed by atoms with Gasteiger partial charge < -0.3 is 9.47 Å². The van der Waals surface area contributed by atoms with Crippen molar-refractivity contribution in [2.75, 3.05) is 13.7 Å². The number of unbranched alkanes of at least 4 members (excludes halogenated alkanes) is 1. The minimum Gasteiger partial charge on any atom is -0.492 e. The Morgan fingerprint density at radius 2 is 2.19 bits per heavy atom. The van der Waals surface area contributed by atoms with Crippen molar-refractivity contribution in [1.82, 2.24) is 0 Å². The third kappa shape index (κ3) is 3.52. The lowest BCUT2D eigenvalue weighted by molar-refractivity contribution is 0.0600. The van der Waals surface area contributed by atoms with Gasteiger partial charge >= 0.3 is 5.97 Å². The monoisotopic (exact) mass is 286 g/mol. The average molecular weight is 287 g/mol. The second kappa shape index (κ2) is 6.53. The zero-order chi connectivity index (χ0) is 12.0. The fourth-order valence-corrected chi connectivity index (χ4v) is 1.68. The Morgan fingerprint density at radius 1 is 1.44 bits per heavy atom. The maximum absolute atomic E-state index is 11.3. The molecule has 0 heterocycles. The lowest BCUT2D eigenvalue weighted by atomic mass is 10.2. The highest BCUT2D eigenvalue weighted by Crippen LogP contribution is 2.26. The predicted molar refractivity (Wildman–Crippen MR) is 65.9 cm³/mol. The number of carbonyl (C=O) groups excluding carboxylic acids is 1. The molecular formula is C12H15BrO3. The highest BCUT2D eigenvalue weighted by molar-refractivity contribution is 9.10. The van der Waals surface area contributed by atoms with Crippen molar-refractivity contribution in [3.05, 3.63) is 28.2 Å². The summed E-state index contributed by atoms with van der Waals surface area (Å²) in [6, 6.07) is 5.16. The van der Waals surface area contributed by atoms with Crippen LogP contribution in [-0.2, 0) is 4.74 Å². The number of carbonyl (C=O) groups is 1. The van der Waals surface area contributed by atoms with Gasteiger partial charge in [0.05, 0.1) is 23.8 Å². The van der Waals surface area contributed by atoms with E-state index < -0.39 is 0 Å². The van der Waals surface area contributed by atoms with Gasteiger partial charge in [-0.2, -0.15) is 0 Å². The van der Waals surface area contributed by atoms with E-state index in [1.807, 2.05) is 0 Å². The number of hydrogen-bond acceptors (Lipinski definition) is 3. The molecule has 0 aliphatic rings. The van der Waals surface area contributed by atoms with Gasteiger partial charge in [-0.1, -0.05) is 13.3 Å². The van der Waals surface area contributed by atoms with Crippen LogP contribution in [0.4, 0.5) is 0 Å². The summed E-state index contributed by atoms with van der Waals surface area (Å²) in [4.78, 5) is 11.3. The second-order valence-electron chi connectivity index (χ2n) is 3.34. The number of halogens is 1. The molecule has 4 heteroatoms. The van der Waals surface area contributed by atoms with Gasteiger partial charge in [0.15, 0.2) is 0 Å². The Bertz CT molecular complexity index is 363. The Labute approximate surface area is 104 Å². The highest BCUT2D eigenvalue weighted by atomic mass is 79.9. The normalized spacial score (nSPS) is 9.94. The quantitative estimate of drug-likeness (QED) is 0.615. The number of rotatable bonds is 5. The molecule has 0 saturated carbocycles. The molecule has 0 saturated heterocycles. The van der Waals surface area contributed by atoms with Crippen LogP contribution >= 0.6 is 15.9 Å². The van der Waals surface area contributed by atoms with Gasteiger partial charge in [0.2, 0.25) is 0 Å². The molecule has 16 heavy (non-hydrogen) atoms. The molecule has 1 aromatic carbocycles. The van der Waals surface area contributed by atoms with Gasteiger partial charge in [-0.15, -0.1) is 0 Å². The van der Waals surface area contributed by atoms with Crippen LogP contribution in [0.5, 0.6) is 5.75 Å². The summed E-state index contributed by atoms with van der Waals surface area (Å²) >= 11 is 3.36. The largest absolute Gasteiger partial charge is 0.492 e. The van der Waals surface area contributed by atoms with E-state index in [1.54, 1.807) is 18.2 Å². The number of esters is 1. The maximum Gasteiger partial charge on any atom is 0.337 e. The van der Waals surface area contributed by atoms with Crippen LogP contribution in [0.2, 0.25) is 0 Å². The molecule has 3 nitrogen and oxygen atoms in total. The number of hydrogen-bond donors (Lipinski definition) is 0. The van der Waals surface area contributed by atoms with Crippen LogP contribution < -0.4 is 4.74 Å². The predicted octanol–water partition coefficient (Wildman–Crippen LogP) is 3.41. The Morgan fingerprint density at radius 3 is 2.75 bits per heavy atom. The Kier molecular flexibility index (Phi) is 5.32. The molecule has 0 fully saturated rings. The van der Waals surface area contributed by atoms with E-state index in [0.29, 0.717) is 12.2 Å². The fraction of sp³-hybridized carbons (Fsp3) is 0.417. The van der Waals surface area contributed by atoms with Crippen LogP contribution in [0.25, 0.3) is 0 Å². The first-order valence-electron chi connectivity index (χ1n) is 5.19. The Balaban J connectivity index is 2.71. The van der Waals surface area contributed by atoms with Crippen molar-refractivity contribution in [3.63, 3.8) is 0 Å². The number of benzene rings is 1. The third-order valence-corrected chi connectivity index (χ3v) is 2.73. The first kappa shape index (κ1) is 13.0. The molecule has 0 unspecified atom stereocenters. The van der Waals surface area contributed by atoms with E-state index in [0.717, 1.165) is 23.1 Å². The van der Waals surface area contributed by atoms with Crippen molar-refractivity contribution in [2.24, 2.45) is 0 Å². The summed E-state index contributed by atoms with van der Waals surface area (Å²) in [6.07, 6.45) is 2.11. The van der Waals surface area contributed by atoms with E-state index in [9.17, 15) is 4.79 Å². The van der Waals surface area contributed by atoms with Crippen molar-refractivity contribution in [1.29, 1.82) is 0 Å². The molecule has 0 bridgehead atoms. The molecule has 0 aromatic heterocycles. The van der Waals surface area contributed by atoms with Crippen molar-refractivity contribution in [2.45, 2.75) is 19.8 Å². The first-order valence-corrected chi connectivity index (χ1v) is 5.99. The van der Waals surface area contributed by atoms with Gasteiger partial charge in [0, 0.05) is 0 Å². The molecule has 0 aliphatic carbocycles. The summed E-state index contributed by atoms with van der Waals surface area (Å²) in [6.45, 7) is 2.80. The molecule has 0 N–H and O–H groups in total. The summed E-state index contributed by atoms with van der Waals surface area (Å²) in [5.74, 6) is 0.405. The lowest BCUT2D eigenvalue weighted by Gasteiger charge is -2.08. The average Bonchev–Trinajstić information content (AvgIpc) is 2.30. The standard InChI is InChI=1S/C12H15BrO3/c1-3-4-7-16-11-6-5-9(8-10(11)13)12(14)15-2/h5-6,8H,3-4,7H2,1-2H3. The van der Waals surface area contributed by atoms with E-state index in [4.69, 9.17) is 4.74 Å². The fourth-order valence-electron chi connectivity index (χ4n) is 1.19. The topological polar surface area (TPSA) is 35.5 Å². The molecule has 88 valence electrons. The minimum absolute atomic E-state index is 0.346.